The van der Waals surface area contributed by atoms with Crippen molar-refractivity contribution in [2.45, 2.75) is 24.8 Å². The zero-order valence-electron chi connectivity index (χ0n) is 12.1. The molecule has 0 radical (unpaired) electrons. The van der Waals surface area contributed by atoms with Crippen molar-refractivity contribution >= 4 is 9.84 Å². The van der Waals surface area contributed by atoms with Gasteiger partial charge in [-0.3, -0.25) is 4.90 Å². The molecule has 112 valence electrons. The van der Waals surface area contributed by atoms with E-state index >= 15 is 0 Å². The number of hydrogen-bond donors (Lipinski definition) is 1. The van der Waals surface area contributed by atoms with E-state index in [2.05, 4.69) is 24.1 Å². The van der Waals surface area contributed by atoms with Gasteiger partial charge in [0.25, 0.3) is 0 Å². The summed E-state index contributed by atoms with van der Waals surface area (Å²) in [7, 11) is -0.783. The van der Waals surface area contributed by atoms with Crippen LogP contribution in [-0.4, -0.2) is 50.5 Å². The molecule has 1 aliphatic heterocycles. The molecule has 5 heteroatoms. The van der Waals surface area contributed by atoms with Gasteiger partial charge in [-0.05, 0) is 31.9 Å². The minimum absolute atomic E-state index is 0.153. The minimum Gasteiger partial charge on any atom is -0.329 e. The predicted octanol–water partition coefficient (Wildman–Crippen LogP) is 1.07. The average molecular weight is 296 g/mol. The number of hydrogen-bond acceptors (Lipinski definition) is 4. The summed E-state index contributed by atoms with van der Waals surface area (Å²) in [6.07, 6.45) is 2.26. The maximum absolute atomic E-state index is 11.6. The van der Waals surface area contributed by atoms with Crippen molar-refractivity contribution in [1.82, 2.24) is 4.90 Å². The number of nitrogens with zero attached hydrogens (tertiary/aromatic N) is 1. The molecule has 0 saturated carbocycles. The first-order chi connectivity index (χ1) is 9.47. The van der Waals surface area contributed by atoms with Gasteiger partial charge in [-0.15, -0.1) is 0 Å². The Morgan fingerprint density at radius 2 is 1.80 bits per heavy atom. The SMILES string of the molecule is CN(CCc1ccccc1)C1(CN)CCS(=O)(=O)CC1. The molecule has 0 amide bonds. The normalized spacial score (nSPS) is 20.9. The van der Waals surface area contributed by atoms with Crippen LogP contribution in [-0.2, 0) is 16.3 Å². The van der Waals surface area contributed by atoms with Crippen LogP contribution < -0.4 is 5.73 Å². The molecular weight excluding hydrogens is 272 g/mol. The number of likely N-dealkylation sites (N-methyl/N-ethyl adjacent to an activating group) is 1. The summed E-state index contributed by atoms with van der Waals surface area (Å²) in [5, 5.41) is 0. The lowest BCUT2D eigenvalue weighted by molar-refractivity contribution is 0.114. The summed E-state index contributed by atoms with van der Waals surface area (Å²) in [6, 6.07) is 10.3. The van der Waals surface area contributed by atoms with Gasteiger partial charge in [-0.1, -0.05) is 30.3 Å². The number of benzene rings is 1. The molecule has 20 heavy (non-hydrogen) atoms. The van der Waals surface area contributed by atoms with Gasteiger partial charge in [0.15, 0.2) is 0 Å². The van der Waals surface area contributed by atoms with E-state index in [1.165, 1.54) is 5.56 Å². The van der Waals surface area contributed by atoms with Crippen molar-refractivity contribution in [1.29, 1.82) is 0 Å². The van der Waals surface area contributed by atoms with Crippen molar-refractivity contribution in [3.8, 4) is 0 Å². The van der Waals surface area contributed by atoms with Crippen LogP contribution in [0.5, 0.6) is 0 Å². The Kier molecular flexibility index (Phi) is 4.83. The summed E-state index contributed by atoms with van der Waals surface area (Å²) in [5.74, 6) is 0.528. The Balaban J connectivity index is 1.97. The van der Waals surface area contributed by atoms with Gasteiger partial charge in [-0.2, -0.15) is 0 Å². The highest BCUT2D eigenvalue weighted by atomic mass is 32.2. The van der Waals surface area contributed by atoms with Gasteiger partial charge in [0.1, 0.15) is 9.84 Å². The predicted molar refractivity (Wildman–Crippen MR) is 82.4 cm³/mol. The molecule has 0 aromatic heterocycles. The maximum Gasteiger partial charge on any atom is 0.150 e. The fraction of sp³-hybridized carbons (Fsp3) is 0.600. The first kappa shape index (κ1) is 15.5. The summed E-state index contributed by atoms with van der Waals surface area (Å²) in [4.78, 5) is 2.26. The third-order valence-corrected chi connectivity index (χ3v) is 6.18. The first-order valence-electron chi connectivity index (χ1n) is 7.13. The van der Waals surface area contributed by atoms with Crippen molar-refractivity contribution < 1.29 is 8.42 Å². The van der Waals surface area contributed by atoms with Gasteiger partial charge >= 0.3 is 0 Å². The summed E-state index contributed by atoms with van der Waals surface area (Å²) in [6.45, 7) is 1.43. The van der Waals surface area contributed by atoms with E-state index in [1.807, 2.05) is 18.2 Å². The Hall–Kier alpha value is -0.910. The van der Waals surface area contributed by atoms with Crippen LogP contribution >= 0.6 is 0 Å². The molecule has 2 N–H and O–H groups in total. The second kappa shape index (κ2) is 6.24. The Morgan fingerprint density at radius 3 is 2.35 bits per heavy atom. The van der Waals surface area contributed by atoms with E-state index in [0.29, 0.717) is 19.4 Å². The van der Waals surface area contributed by atoms with Gasteiger partial charge < -0.3 is 5.73 Å². The third kappa shape index (κ3) is 3.59. The Labute approximate surface area is 121 Å². The zero-order valence-corrected chi connectivity index (χ0v) is 12.9. The van der Waals surface area contributed by atoms with Crippen molar-refractivity contribution in [3.05, 3.63) is 35.9 Å². The fourth-order valence-corrected chi connectivity index (χ4v) is 4.42. The molecule has 0 bridgehead atoms. The first-order valence-corrected chi connectivity index (χ1v) is 8.95. The molecule has 1 fully saturated rings. The van der Waals surface area contributed by atoms with E-state index in [-0.39, 0.29) is 17.0 Å². The molecule has 0 spiro atoms. The van der Waals surface area contributed by atoms with Crippen LogP contribution in [0.2, 0.25) is 0 Å². The smallest absolute Gasteiger partial charge is 0.150 e. The molecule has 0 aliphatic carbocycles. The molecule has 1 aromatic carbocycles. The van der Waals surface area contributed by atoms with Gasteiger partial charge in [-0.25, -0.2) is 8.42 Å². The van der Waals surface area contributed by atoms with Crippen LogP contribution in [0.25, 0.3) is 0 Å². The van der Waals surface area contributed by atoms with Crippen LogP contribution in [0, 0.1) is 0 Å². The second-order valence-corrected chi connectivity index (χ2v) is 8.04. The Morgan fingerprint density at radius 1 is 1.20 bits per heavy atom. The number of nitrogens with two attached hydrogens (primary N) is 1. The molecule has 1 aliphatic rings. The van der Waals surface area contributed by atoms with Crippen LogP contribution in [0.3, 0.4) is 0 Å². The molecule has 4 nitrogen and oxygen atoms in total. The molecule has 1 heterocycles. The lowest BCUT2D eigenvalue weighted by Gasteiger charge is -2.43. The molecule has 0 unspecified atom stereocenters. The van der Waals surface area contributed by atoms with Crippen molar-refractivity contribution in [2.24, 2.45) is 5.73 Å². The maximum atomic E-state index is 11.6. The van der Waals surface area contributed by atoms with Gasteiger partial charge in [0, 0.05) is 18.6 Å². The lowest BCUT2D eigenvalue weighted by atomic mass is 9.90. The van der Waals surface area contributed by atoms with Gasteiger partial charge in [0.05, 0.1) is 11.5 Å². The molecule has 1 aromatic rings. The summed E-state index contributed by atoms with van der Waals surface area (Å²) in [5.41, 5.74) is 7.11. The minimum atomic E-state index is -2.85. The average Bonchev–Trinajstić information content (AvgIpc) is 2.46. The largest absolute Gasteiger partial charge is 0.329 e. The molecule has 2 rings (SSSR count). The van der Waals surface area contributed by atoms with E-state index in [1.54, 1.807) is 0 Å². The molecular formula is C15H24N2O2S. The highest BCUT2D eigenvalue weighted by molar-refractivity contribution is 7.91. The highest BCUT2D eigenvalue weighted by Crippen LogP contribution is 2.28. The summed E-state index contributed by atoms with van der Waals surface area (Å²) < 4.78 is 23.2. The Bertz CT molecular complexity index is 514. The van der Waals surface area contributed by atoms with Crippen LogP contribution in [0.1, 0.15) is 18.4 Å². The third-order valence-electron chi connectivity index (χ3n) is 4.53. The van der Waals surface area contributed by atoms with Crippen LogP contribution in [0.15, 0.2) is 30.3 Å². The summed E-state index contributed by atoms with van der Waals surface area (Å²) >= 11 is 0. The lowest BCUT2D eigenvalue weighted by Crippen LogP contribution is -2.56. The second-order valence-electron chi connectivity index (χ2n) is 5.74. The fourth-order valence-electron chi connectivity index (χ4n) is 2.84. The number of sulfone groups is 1. The highest BCUT2D eigenvalue weighted by Gasteiger charge is 2.39. The van der Waals surface area contributed by atoms with E-state index < -0.39 is 9.84 Å². The van der Waals surface area contributed by atoms with E-state index in [0.717, 1.165) is 13.0 Å². The topological polar surface area (TPSA) is 63.4 Å². The standard InChI is InChI=1S/C15H24N2O2S/c1-17(10-7-14-5-3-2-4-6-14)15(13-16)8-11-20(18,19)12-9-15/h2-6H,7-13,16H2,1H3. The molecule has 0 atom stereocenters. The quantitative estimate of drug-likeness (QED) is 0.883. The van der Waals surface area contributed by atoms with E-state index in [9.17, 15) is 8.42 Å². The molecule has 1 saturated heterocycles. The van der Waals surface area contributed by atoms with E-state index in [4.69, 9.17) is 5.73 Å². The van der Waals surface area contributed by atoms with Crippen molar-refractivity contribution in [3.63, 3.8) is 0 Å². The van der Waals surface area contributed by atoms with Crippen molar-refractivity contribution in [2.75, 3.05) is 31.6 Å². The number of rotatable bonds is 5. The van der Waals surface area contributed by atoms with Gasteiger partial charge in [0.2, 0.25) is 0 Å². The van der Waals surface area contributed by atoms with Crippen LogP contribution in [0.4, 0.5) is 0 Å². The zero-order chi connectivity index (χ0) is 14.6. The monoisotopic (exact) mass is 296 g/mol.